The molecule has 0 fully saturated rings. The highest BCUT2D eigenvalue weighted by molar-refractivity contribution is 5.83. The Morgan fingerprint density at radius 1 is 1.08 bits per heavy atom. The van der Waals surface area contributed by atoms with Crippen LogP contribution in [0.15, 0.2) is 48.5 Å². The summed E-state index contributed by atoms with van der Waals surface area (Å²) in [5, 5.41) is 7.76. The number of rotatable bonds is 6. The number of para-hydroxylation sites is 1. The minimum atomic E-state index is -0.384. The molecule has 2 aromatic rings. The molecular formula is C19H23N3O3. The zero-order chi connectivity index (χ0) is 18.2. The van der Waals surface area contributed by atoms with Crippen LogP contribution in [0.5, 0.6) is 5.75 Å². The van der Waals surface area contributed by atoms with Crippen LogP contribution in [-0.4, -0.2) is 32.6 Å². The quantitative estimate of drug-likeness (QED) is 0.755. The molecule has 0 saturated heterocycles. The first-order valence-corrected chi connectivity index (χ1v) is 8.03. The standard InChI is InChI=1S/C19H23N3O3/c1-13(22-19(24)21-12-18(23)20-2)14-8-10-15(11-9-14)16-6-4-5-7-17(16)25-3/h4-11,13H,12H2,1-3H3,(H,20,23)(H2,21,22,24). The van der Waals surface area contributed by atoms with Crippen LogP contribution in [0.25, 0.3) is 11.1 Å². The van der Waals surface area contributed by atoms with Crippen LogP contribution in [0, 0.1) is 0 Å². The topological polar surface area (TPSA) is 79.5 Å². The number of urea groups is 1. The van der Waals surface area contributed by atoms with Gasteiger partial charge in [0.15, 0.2) is 0 Å². The third-order valence-electron chi connectivity index (χ3n) is 3.86. The maximum absolute atomic E-state index is 11.8. The van der Waals surface area contributed by atoms with Crippen molar-refractivity contribution in [3.63, 3.8) is 0 Å². The Labute approximate surface area is 147 Å². The largest absolute Gasteiger partial charge is 0.496 e. The zero-order valence-corrected chi connectivity index (χ0v) is 14.6. The molecule has 0 spiro atoms. The summed E-state index contributed by atoms with van der Waals surface area (Å²) in [6.45, 7) is 1.83. The van der Waals surface area contributed by atoms with Gasteiger partial charge in [0, 0.05) is 12.6 Å². The van der Waals surface area contributed by atoms with Crippen molar-refractivity contribution in [1.29, 1.82) is 0 Å². The van der Waals surface area contributed by atoms with E-state index in [0.717, 1.165) is 22.4 Å². The van der Waals surface area contributed by atoms with E-state index in [-0.39, 0.29) is 24.5 Å². The van der Waals surface area contributed by atoms with Crippen LogP contribution in [-0.2, 0) is 4.79 Å². The third kappa shape index (κ3) is 4.97. The zero-order valence-electron chi connectivity index (χ0n) is 14.6. The second kappa shape index (κ2) is 8.73. The third-order valence-corrected chi connectivity index (χ3v) is 3.86. The molecule has 132 valence electrons. The van der Waals surface area contributed by atoms with E-state index in [9.17, 15) is 9.59 Å². The normalized spacial score (nSPS) is 11.3. The van der Waals surface area contributed by atoms with Crippen LogP contribution in [0.3, 0.4) is 0 Å². The molecule has 6 heteroatoms. The van der Waals surface area contributed by atoms with Crippen LogP contribution in [0.1, 0.15) is 18.5 Å². The molecule has 0 radical (unpaired) electrons. The van der Waals surface area contributed by atoms with Crippen LogP contribution in [0.4, 0.5) is 4.79 Å². The minimum absolute atomic E-state index is 0.0538. The average molecular weight is 341 g/mol. The Balaban J connectivity index is 2.01. The van der Waals surface area contributed by atoms with Crippen molar-refractivity contribution in [2.24, 2.45) is 0 Å². The summed E-state index contributed by atoms with van der Waals surface area (Å²) in [6, 6.07) is 15.2. The molecule has 0 bridgehead atoms. The molecule has 0 aliphatic heterocycles. The number of amides is 3. The number of nitrogens with one attached hydrogen (secondary N) is 3. The van der Waals surface area contributed by atoms with Crippen LogP contribution >= 0.6 is 0 Å². The van der Waals surface area contributed by atoms with Gasteiger partial charge in [-0.3, -0.25) is 4.79 Å². The fourth-order valence-corrected chi connectivity index (χ4v) is 2.41. The Morgan fingerprint density at radius 2 is 1.76 bits per heavy atom. The number of methoxy groups -OCH3 is 1. The molecule has 2 rings (SSSR count). The number of carbonyl (C=O) groups excluding carboxylic acids is 2. The summed E-state index contributed by atoms with van der Waals surface area (Å²) in [5.41, 5.74) is 3.02. The second-order valence-electron chi connectivity index (χ2n) is 5.54. The summed E-state index contributed by atoms with van der Waals surface area (Å²) in [4.78, 5) is 22.9. The molecule has 0 heterocycles. The van der Waals surface area contributed by atoms with Gasteiger partial charge in [0.25, 0.3) is 0 Å². The Kier molecular flexibility index (Phi) is 6.39. The van der Waals surface area contributed by atoms with Gasteiger partial charge in [0.05, 0.1) is 19.7 Å². The predicted molar refractivity (Wildman–Crippen MR) is 97.4 cm³/mol. The van der Waals surface area contributed by atoms with Gasteiger partial charge in [0.1, 0.15) is 5.75 Å². The summed E-state index contributed by atoms with van der Waals surface area (Å²) in [7, 11) is 3.17. The number of hydrogen-bond acceptors (Lipinski definition) is 3. The fourth-order valence-electron chi connectivity index (χ4n) is 2.41. The number of benzene rings is 2. The lowest BCUT2D eigenvalue weighted by atomic mass is 10.0. The molecular weight excluding hydrogens is 318 g/mol. The van der Waals surface area contributed by atoms with E-state index in [2.05, 4.69) is 16.0 Å². The van der Waals surface area contributed by atoms with E-state index in [1.165, 1.54) is 7.05 Å². The van der Waals surface area contributed by atoms with Gasteiger partial charge in [-0.1, -0.05) is 42.5 Å². The van der Waals surface area contributed by atoms with Gasteiger partial charge < -0.3 is 20.7 Å². The average Bonchev–Trinajstić information content (AvgIpc) is 2.66. The number of hydrogen-bond donors (Lipinski definition) is 3. The summed E-state index contributed by atoms with van der Waals surface area (Å²) in [6.07, 6.45) is 0. The van der Waals surface area contributed by atoms with Gasteiger partial charge >= 0.3 is 6.03 Å². The molecule has 2 aromatic carbocycles. The molecule has 3 N–H and O–H groups in total. The number of carbonyl (C=O) groups is 2. The smallest absolute Gasteiger partial charge is 0.315 e. The van der Waals surface area contributed by atoms with E-state index in [4.69, 9.17) is 4.74 Å². The second-order valence-corrected chi connectivity index (χ2v) is 5.54. The van der Waals surface area contributed by atoms with Crippen molar-refractivity contribution in [3.8, 4) is 16.9 Å². The molecule has 1 unspecified atom stereocenters. The molecule has 0 saturated carbocycles. The van der Waals surface area contributed by atoms with Gasteiger partial charge in [0.2, 0.25) is 5.91 Å². The van der Waals surface area contributed by atoms with E-state index >= 15 is 0 Å². The maximum atomic E-state index is 11.8. The van der Waals surface area contributed by atoms with Crippen LogP contribution < -0.4 is 20.7 Å². The molecule has 0 aliphatic carbocycles. The van der Waals surface area contributed by atoms with Crippen molar-refractivity contribution < 1.29 is 14.3 Å². The van der Waals surface area contributed by atoms with Crippen molar-refractivity contribution in [2.75, 3.05) is 20.7 Å². The molecule has 25 heavy (non-hydrogen) atoms. The van der Waals surface area contributed by atoms with Crippen molar-refractivity contribution in [2.45, 2.75) is 13.0 Å². The highest BCUT2D eigenvalue weighted by Gasteiger charge is 2.11. The first-order valence-electron chi connectivity index (χ1n) is 8.03. The molecule has 3 amide bonds. The van der Waals surface area contributed by atoms with E-state index in [1.54, 1.807) is 7.11 Å². The van der Waals surface area contributed by atoms with Gasteiger partial charge in [-0.25, -0.2) is 4.79 Å². The summed E-state index contributed by atoms with van der Waals surface area (Å²) in [5.74, 6) is 0.568. The molecule has 0 aromatic heterocycles. The van der Waals surface area contributed by atoms with Crippen LogP contribution in [0.2, 0.25) is 0 Å². The predicted octanol–water partition coefficient (Wildman–Crippen LogP) is 2.47. The van der Waals surface area contributed by atoms with E-state index in [0.29, 0.717) is 0 Å². The molecule has 1 atom stereocenters. The van der Waals surface area contributed by atoms with Gasteiger partial charge in [-0.05, 0) is 24.1 Å². The lowest BCUT2D eigenvalue weighted by Gasteiger charge is -2.16. The first-order chi connectivity index (χ1) is 12.0. The van der Waals surface area contributed by atoms with Crippen molar-refractivity contribution in [1.82, 2.24) is 16.0 Å². The SMILES string of the molecule is CNC(=O)CNC(=O)NC(C)c1ccc(-c2ccccc2OC)cc1. The molecule has 0 aliphatic rings. The number of likely N-dealkylation sites (N-methyl/N-ethyl adjacent to an activating group) is 1. The monoisotopic (exact) mass is 341 g/mol. The summed E-state index contributed by atoms with van der Waals surface area (Å²) < 4.78 is 5.39. The van der Waals surface area contributed by atoms with Crippen molar-refractivity contribution in [3.05, 3.63) is 54.1 Å². The number of ether oxygens (including phenoxy) is 1. The minimum Gasteiger partial charge on any atom is -0.496 e. The maximum Gasteiger partial charge on any atom is 0.315 e. The highest BCUT2D eigenvalue weighted by Crippen LogP contribution is 2.30. The van der Waals surface area contributed by atoms with E-state index < -0.39 is 0 Å². The van der Waals surface area contributed by atoms with Crippen molar-refractivity contribution >= 4 is 11.9 Å². The van der Waals surface area contributed by atoms with Gasteiger partial charge in [-0.2, -0.15) is 0 Å². The van der Waals surface area contributed by atoms with Gasteiger partial charge in [-0.15, -0.1) is 0 Å². The fraction of sp³-hybridized carbons (Fsp3) is 0.263. The Hall–Kier alpha value is -3.02. The lowest BCUT2D eigenvalue weighted by molar-refractivity contribution is -0.119. The summed E-state index contributed by atoms with van der Waals surface area (Å²) >= 11 is 0. The molecule has 6 nitrogen and oxygen atoms in total. The first kappa shape index (κ1) is 18.3. The highest BCUT2D eigenvalue weighted by atomic mass is 16.5. The van der Waals surface area contributed by atoms with E-state index in [1.807, 2.05) is 55.5 Å². The Morgan fingerprint density at radius 3 is 2.40 bits per heavy atom. The Bertz CT molecular complexity index is 729. The lowest BCUT2D eigenvalue weighted by Crippen LogP contribution is -2.42.